The summed E-state index contributed by atoms with van der Waals surface area (Å²) in [6.07, 6.45) is 7.21. The van der Waals surface area contributed by atoms with Gasteiger partial charge in [0, 0.05) is 0 Å². The maximum atomic E-state index is 11.1. The van der Waals surface area contributed by atoms with Crippen LogP contribution in [0.25, 0.3) is 0 Å². The van der Waals surface area contributed by atoms with E-state index in [1.807, 2.05) is 0 Å². The van der Waals surface area contributed by atoms with Gasteiger partial charge in [-0.25, -0.2) is 4.79 Å². The Morgan fingerprint density at radius 1 is 1.00 bits per heavy atom. The van der Waals surface area contributed by atoms with Crippen molar-refractivity contribution in [2.45, 2.75) is 52.4 Å². The van der Waals surface area contributed by atoms with Crippen LogP contribution in [0.4, 0.5) is 0 Å². The van der Waals surface area contributed by atoms with Crippen molar-refractivity contribution >= 4 is 5.97 Å². The molecule has 0 spiro atoms. The van der Waals surface area contributed by atoms with E-state index in [0.717, 1.165) is 12.8 Å². The number of hydrogen-bond donors (Lipinski definition) is 0. The highest BCUT2D eigenvalue weighted by Gasteiger charge is 2.07. The summed E-state index contributed by atoms with van der Waals surface area (Å²) < 4.78 is 9.94. The lowest BCUT2D eigenvalue weighted by Crippen LogP contribution is -2.10. The van der Waals surface area contributed by atoms with E-state index < -0.39 is 5.97 Å². The zero-order chi connectivity index (χ0) is 12.2. The van der Waals surface area contributed by atoms with Gasteiger partial charge in [0.2, 0.25) is 0 Å². The third kappa shape index (κ3) is 8.33. The maximum absolute atomic E-state index is 11.1. The number of ether oxygens (including phenoxy) is 2. The van der Waals surface area contributed by atoms with E-state index in [-0.39, 0.29) is 5.76 Å². The molecule has 0 aliphatic rings. The normalized spacial score (nSPS) is 9.88. The lowest BCUT2D eigenvalue weighted by atomic mass is 10.1. The molecular weight excluding hydrogens is 204 g/mol. The molecule has 0 aliphatic carbocycles. The lowest BCUT2D eigenvalue weighted by molar-refractivity contribution is -0.142. The molecule has 3 heteroatoms. The first-order valence-electron chi connectivity index (χ1n) is 6.21. The van der Waals surface area contributed by atoms with Crippen molar-refractivity contribution in [3.8, 4) is 0 Å². The summed E-state index contributed by atoms with van der Waals surface area (Å²) in [5.41, 5.74) is 0. The van der Waals surface area contributed by atoms with Crippen molar-refractivity contribution in [1.29, 1.82) is 0 Å². The van der Waals surface area contributed by atoms with Crippen LogP contribution < -0.4 is 0 Å². The Hall–Kier alpha value is -0.990. The molecule has 0 radical (unpaired) electrons. The van der Waals surface area contributed by atoms with Crippen LogP contribution in [0.1, 0.15) is 52.4 Å². The second-order valence-electron chi connectivity index (χ2n) is 3.76. The van der Waals surface area contributed by atoms with Gasteiger partial charge in [-0.3, -0.25) is 0 Å². The van der Waals surface area contributed by atoms with Crippen LogP contribution in [0.15, 0.2) is 12.3 Å². The minimum atomic E-state index is -0.450. The third-order valence-corrected chi connectivity index (χ3v) is 2.28. The summed E-state index contributed by atoms with van der Waals surface area (Å²) in [7, 11) is 0. The number of rotatable bonds is 10. The van der Waals surface area contributed by atoms with Gasteiger partial charge in [0.05, 0.1) is 13.2 Å². The van der Waals surface area contributed by atoms with Crippen LogP contribution in [0.3, 0.4) is 0 Å². The molecule has 94 valence electrons. The highest BCUT2D eigenvalue weighted by atomic mass is 16.6. The summed E-state index contributed by atoms with van der Waals surface area (Å²) in [5.74, 6) is -0.330. The Morgan fingerprint density at radius 3 is 2.25 bits per heavy atom. The third-order valence-electron chi connectivity index (χ3n) is 2.28. The molecule has 16 heavy (non-hydrogen) atoms. The zero-order valence-electron chi connectivity index (χ0n) is 10.6. The predicted molar refractivity (Wildman–Crippen MR) is 65.1 cm³/mol. The predicted octanol–water partition coefficient (Wildman–Crippen LogP) is 3.44. The van der Waals surface area contributed by atoms with E-state index in [1.165, 1.54) is 25.7 Å². The van der Waals surface area contributed by atoms with Crippen LogP contribution in [0.2, 0.25) is 0 Å². The molecular formula is C13H24O3. The van der Waals surface area contributed by atoms with Crippen LogP contribution in [-0.2, 0) is 14.3 Å². The fraction of sp³-hybridized carbons (Fsp3) is 0.769. The summed E-state index contributed by atoms with van der Waals surface area (Å²) in [4.78, 5) is 11.1. The second kappa shape index (κ2) is 10.5. The molecule has 0 amide bonds. The van der Waals surface area contributed by atoms with Crippen LogP contribution in [0.5, 0.6) is 0 Å². The van der Waals surface area contributed by atoms with Gasteiger partial charge in [-0.1, -0.05) is 39.0 Å². The lowest BCUT2D eigenvalue weighted by Gasteiger charge is -2.07. The Kier molecular flexibility index (Phi) is 9.87. The van der Waals surface area contributed by atoms with Crippen molar-refractivity contribution in [2.24, 2.45) is 0 Å². The Bertz CT molecular complexity index is 199. The number of hydrogen-bond acceptors (Lipinski definition) is 3. The summed E-state index contributed by atoms with van der Waals surface area (Å²) in [5, 5.41) is 0. The Balaban J connectivity index is 3.31. The van der Waals surface area contributed by atoms with Crippen LogP contribution >= 0.6 is 0 Å². The average Bonchev–Trinajstić information content (AvgIpc) is 2.28. The molecule has 0 aliphatic heterocycles. The van der Waals surface area contributed by atoms with Gasteiger partial charge in [-0.15, -0.1) is 0 Å². The van der Waals surface area contributed by atoms with Crippen molar-refractivity contribution in [1.82, 2.24) is 0 Å². The van der Waals surface area contributed by atoms with Gasteiger partial charge < -0.3 is 9.47 Å². The van der Waals surface area contributed by atoms with E-state index >= 15 is 0 Å². The molecule has 0 N–H and O–H groups in total. The quantitative estimate of drug-likeness (QED) is 0.249. The number of carbonyl (C=O) groups is 1. The van der Waals surface area contributed by atoms with E-state index in [2.05, 4.69) is 13.5 Å². The molecule has 0 aromatic carbocycles. The molecule has 0 atom stereocenters. The fourth-order valence-electron chi connectivity index (χ4n) is 1.35. The van der Waals surface area contributed by atoms with E-state index in [1.54, 1.807) is 6.92 Å². The van der Waals surface area contributed by atoms with Gasteiger partial charge in [0.15, 0.2) is 5.76 Å². The van der Waals surface area contributed by atoms with Crippen molar-refractivity contribution < 1.29 is 14.3 Å². The monoisotopic (exact) mass is 228 g/mol. The van der Waals surface area contributed by atoms with E-state index in [9.17, 15) is 4.79 Å². The number of esters is 1. The van der Waals surface area contributed by atoms with Crippen molar-refractivity contribution in [3.63, 3.8) is 0 Å². The molecule has 0 fully saturated rings. The molecule has 0 aromatic heterocycles. The van der Waals surface area contributed by atoms with Gasteiger partial charge in [-0.2, -0.15) is 0 Å². The molecule has 0 rings (SSSR count). The Morgan fingerprint density at radius 2 is 1.62 bits per heavy atom. The molecule has 0 saturated carbocycles. The zero-order valence-corrected chi connectivity index (χ0v) is 10.6. The second-order valence-corrected chi connectivity index (χ2v) is 3.76. The minimum absolute atomic E-state index is 0.121. The molecule has 0 unspecified atom stereocenters. The number of unbranched alkanes of at least 4 members (excludes halogenated alkanes) is 5. The first kappa shape index (κ1) is 15.0. The highest BCUT2D eigenvalue weighted by Crippen LogP contribution is 2.06. The summed E-state index contributed by atoms with van der Waals surface area (Å²) in [6.45, 7) is 8.41. The molecule has 0 saturated heterocycles. The van der Waals surface area contributed by atoms with Gasteiger partial charge in [0.25, 0.3) is 0 Å². The first-order chi connectivity index (χ1) is 7.72. The van der Waals surface area contributed by atoms with Gasteiger partial charge in [-0.05, 0) is 19.9 Å². The highest BCUT2D eigenvalue weighted by molar-refractivity contribution is 5.85. The molecule has 0 bridgehead atoms. The minimum Gasteiger partial charge on any atom is -0.487 e. The maximum Gasteiger partial charge on any atom is 0.372 e. The van der Waals surface area contributed by atoms with Crippen molar-refractivity contribution in [2.75, 3.05) is 13.2 Å². The summed E-state index contributed by atoms with van der Waals surface area (Å²) in [6, 6.07) is 0. The molecule has 0 aromatic rings. The first-order valence-corrected chi connectivity index (χ1v) is 6.21. The average molecular weight is 228 g/mol. The summed E-state index contributed by atoms with van der Waals surface area (Å²) >= 11 is 0. The van der Waals surface area contributed by atoms with Gasteiger partial charge in [0.1, 0.15) is 0 Å². The molecule has 0 heterocycles. The Labute approximate surface area is 98.8 Å². The smallest absolute Gasteiger partial charge is 0.372 e. The topological polar surface area (TPSA) is 35.5 Å². The largest absolute Gasteiger partial charge is 0.487 e. The SMILES string of the molecule is C=C(OCCCCCCCC)C(=O)OCC. The molecule has 3 nitrogen and oxygen atoms in total. The fourth-order valence-corrected chi connectivity index (χ4v) is 1.35. The van der Waals surface area contributed by atoms with E-state index in [4.69, 9.17) is 9.47 Å². The van der Waals surface area contributed by atoms with E-state index in [0.29, 0.717) is 13.2 Å². The van der Waals surface area contributed by atoms with Crippen LogP contribution in [-0.4, -0.2) is 19.2 Å². The number of carbonyl (C=O) groups excluding carboxylic acids is 1. The van der Waals surface area contributed by atoms with Crippen LogP contribution in [0, 0.1) is 0 Å². The standard InChI is InChI=1S/C13H24O3/c1-4-6-7-8-9-10-11-16-12(3)13(14)15-5-2/h3-11H2,1-2H3. The van der Waals surface area contributed by atoms with Crippen molar-refractivity contribution in [3.05, 3.63) is 12.3 Å². The van der Waals surface area contributed by atoms with Gasteiger partial charge >= 0.3 is 5.97 Å².